The molecule has 0 saturated heterocycles. The number of nitrogens with one attached hydrogen (secondary N) is 1. The second kappa shape index (κ2) is 6.27. The fraction of sp³-hybridized carbons (Fsp3) is 0.462. The van der Waals surface area contributed by atoms with E-state index in [2.05, 4.69) is 5.32 Å². The maximum atomic E-state index is 14.0. The Morgan fingerprint density at radius 3 is 2.52 bits per heavy atom. The molecule has 1 N–H and O–H groups in total. The molecule has 1 aromatic rings. The number of amides is 1. The molecule has 4 nitrogen and oxygen atoms in total. The van der Waals surface area contributed by atoms with Crippen molar-refractivity contribution in [2.24, 2.45) is 5.92 Å². The Balaban J connectivity index is 2.14. The van der Waals surface area contributed by atoms with Crippen molar-refractivity contribution in [2.75, 3.05) is 6.54 Å². The molecular weight excluding hydrogens is 324 g/mol. The summed E-state index contributed by atoms with van der Waals surface area (Å²) in [6.07, 6.45) is 4.16. The summed E-state index contributed by atoms with van der Waals surface area (Å²) in [5.74, 6) is -2.68. The number of hydrogen-bond acceptors (Lipinski definition) is 3. The van der Waals surface area contributed by atoms with Crippen LogP contribution in [0.2, 0.25) is 0 Å². The highest BCUT2D eigenvalue weighted by Gasteiger charge is 2.24. The summed E-state index contributed by atoms with van der Waals surface area (Å²) >= 11 is 0. The van der Waals surface area contributed by atoms with E-state index in [1.807, 2.05) is 0 Å². The van der Waals surface area contributed by atoms with Crippen LogP contribution >= 0.6 is 10.7 Å². The SMILES string of the molecule is O=C(NCCC1CCC1)c1cc(F)cc(S(=O)(=O)Cl)c1F. The van der Waals surface area contributed by atoms with Crippen LogP contribution in [0, 0.1) is 17.6 Å². The molecule has 1 aromatic carbocycles. The number of hydrogen-bond donors (Lipinski definition) is 1. The topological polar surface area (TPSA) is 63.2 Å². The van der Waals surface area contributed by atoms with E-state index in [1.165, 1.54) is 6.42 Å². The zero-order valence-corrected chi connectivity index (χ0v) is 12.6. The van der Waals surface area contributed by atoms with E-state index in [9.17, 15) is 22.0 Å². The average Bonchev–Trinajstić information content (AvgIpc) is 2.33. The highest BCUT2D eigenvalue weighted by Crippen LogP contribution is 2.29. The molecule has 0 unspecified atom stereocenters. The van der Waals surface area contributed by atoms with Crippen molar-refractivity contribution in [3.8, 4) is 0 Å². The van der Waals surface area contributed by atoms with Crippen LogP contribution < -0.4 is 5.32 Å². The molecule has 0 bridgehead atoms. The van der Waals surface area contributed by atoms with E-state index in [-0.39, 0.29) is 0 Å². The monoisotopic (exact) mass is 337 g/mol. The van der Waals surface area contributed by atoms with Gasteiger partial charge < -0.3 is 5.32 Å². The molecule has 0 radical (unpaired) electrons. The molecule has 0 spiro atoms. The number of benzene rings is 1. The molecule has 0 heterocycles. The molecule has 1 aliphatic rings. The first-order valence-electron chi connectivity index (χ1n) is 6.51. The number of halogens is 3. The van der Waals surface area contributed by atoms with Gasteiger partial charge in [0.15, 0.2) is 5.82 Å². The third kappa shape index (κ3) is 3.91. The van der Waals surface area contributed by atoms with Gasteiger partial charge in [0.25, 0.3) is 15.0 Å². The van der Waals surface area contributed by atoms with Crippen molar-refractivity contribution < 1.29 is 22.0 Å². The minimum Gasteiger partial charge on any atom is -0.352 e. The summed E-state index contributed by atoms with van der Waals surface area (Å²) in [5, 5.41) is 2.46. The Bertz CT molecular complexity index is 660. The molecule has 1 amide bonds. The van der Waals surface area contributed by atoms with E-state index < -0.39 is 37.1 Å². The Hall–Kier alpha value is -1.21. The predicted octanol–water partition coefficient (Wildman–Crippen LogP) is 2.81. The van der Waals surface area contributed by atoms with Gasteiger partial charge in [-0.1, -0.05) is 19.3 Å². The molecule has 21 heavy (non-hydrogen) atoms. The second-order valence-corrected chi connectivity index (χ2v) is 7.58. The van der Waals surface area contributed by atoms with Gasteiger partial charge in [0.1, 0.15) is 10.7 Å². The van der Waals surface area contributed by atoms with E-state index >= 15 is 0 Å². The van der Waals surface area contributed by atoms with Crippen LogP contribution in [0.1, 0.15) is 36.0 Å². The van der Waals surface area contributed by atoms with Crippen molar-refractivity contribution in [2.45, 2.75) is 30.6 Å². The minimum absolute atomic E-state index is 0.336. The Kier molecular flexibility index (Phi) is 4.83. The lowest BCUT2D eigenvalue weighted by Crippen LogP contribution is -2.28. The van der Waals surface area contributed by atoms with Crippen LogP contribution in [0.4, 0.5) is 8.78 Å². The Morgan fingerprint density at radius 2 is 2.00 bits per heavy atom. The van der Waals surface area contributed by atoms with E-state index in [0.717, 1.165) is 19.3 Å². The standard InChI is InChI=1S/C13H14ClF2NO3S/c14-21(19,20)11-7-9(15)6-10(12(11)16)13(18)17-5-4-8-2-1-3-8/h6-8H,1-5H2,(H,17,18). The normalized spacial score (nSPS) is 15.6. The minimum atomic E-state index is -4.46. The lowest BCUT2D eigenvalue weighted by Gasteiger charge is -2.25. The van der Waals surface area contributed by atoms with Crippen molar-refractivity contribution in [3.05, 3.63) is 29.3 Å². The molecular formula is C13H14ClF2NO3S. The molecule has 1 aliphatic carbocycles. The van der Waals surface area contributed by atoms with Gasteiger partial charge in [-0.25, -0.2) is 17.2 Å². The van der Waals surface area contributed by atoms with Gasteiger partial charge in [0.05, 0.1) is 5.56 Å². The van der Waals surface area contributed by atoms with Gasteiger partial charge >= 0.3 is 0 Å². The number of carbonyl (C=O) groups excluding carboxylic acids is 1. The number of rotatable bonds is 5. The molecule has 116 valence electrons. The molecule has 1 saturated carbocycles. The van der Waals surface area contributed by atoms with Crippen LogP contribution in [0.15, 0.2) is 17.0 Å². The summed E-state index contributed by atoms with van der Waals surface area (Å²) < 4.78 is 49.6. The summed E-state index contributed by atoms with van der Waals surface area (Å²) in [5.41, 5.74) is -0.664. The van der Waals surface area contributed by atoms with Gasteiger partial charge in [0.2, 0.25) is 0 Å². The Labute approximate surface area is 125 Å². The molecule has 0 aliphatic heterocycles. The van der Waals surface area contributed by atoms with Crippen LogP contribution in [0.5, 0.6) is 0 Å². The van der Waals surface area contributed by atoms with E-state index in [4.69, 9.17) is 10.7 Å². The first-order valence-corrected chi connectivity index (χ1v) is 8.82. The van der Waals surface area contributed by atoms with Crippen molar-refractivity contribution in [3.63, 3.8) is 0 Å². The highest BCUT2D eigenvalue weighted by molar-refractivity contribution is 8.13. The largest absolute Gasteiger partial charge is 0.352 e. The summed E-state index contributed by atoms with van der Waals surface area (Å²) in [6, 6.07) is 1.10. The van der Waals surface area contributed by atoms with Gasteiger partial charge in [0, 0.05) is 17.2 Å². The van der Waals surface area contributed by atoms with Gasteiger partial charge in [-0.2, -0.15) is 0 Å². The molecule has 0 aromatic heterocycles. The van der Waals surface area contributed by atoms with Crippen LogP contribution in [0.25, 0.3) is 0 Å². The van der Waals surface area contributed by atoms with E-state index in [0.29, 0.717) is 24.6 Å². The summed E-state index contributed by atoms with van der Waals surface area (Å²) in [7, 11) is 0.555. The van der Waals surface area contributed by atoms with Gasteiger partial charge in [-0.15, -0.1) is 0 Å². The highest BCUT2D eigenvalue weighted by atomic mass is 35.7. The fourth-order valence-electron chi connectivity index (χ4n) is 2.17. The van der Waals surface area contributed by atoms with E-state index in [1.54, 1.807) is 0 Å². The van der Waals surface area contributed by atoms with Gasteiger partial charge in [-0.05, 0) is 24.5 Å². The first kappa shape index (κ1) is 16.2. The lowest BCUT2D eigenvalue weighted by atomic mass is 9.83. The smallest absolute Gasteiger partial charge is 0.264 e. The van der Waals surface area contributed by atoms with Crippen molar-refractivity contribution in [1.29, 1.82) is 0 Å². The zero-order chi connectivity index (χ0) is 15.6. The molecule has 1 fully saturated rings. The van der Waals surface area contributed by atoms with Crippen LogP contribution in [-0.2, 0) is 9.05 Å². The number of carbonyl (C=O) groups is 1. The fourth-order valence-corrected chi connectivity index (χ4v) is 3.09. The molecule has 2 rings (SSSR count). The summed E-state index contributed by atoms with van der Waals surface area (Å²) in [4.78, 5) is 10.8. The lowest BCUT2D eigenvalue weighted by molar-refractivity contribution is 0.0944. The Morgan fingerprint density at radius 1 is 1.33 bits per heavy atom. The maximum Gasteiger partial charge on any atom is 0.264 e. The van der Waals surface area contributed by atoms with Crippen LogP contribution in [0.3, 0.4) is 0 Å². The maximum absolute atomic E-state index is 14.0. The second-order valence-electron chi connectivity index (χ2n) is 5.04. The third-order valence-electron chi connectivity index (χ3n) is 3.57. The molecule has 8 heteroatoms. The van der Waals surface area contributed by atoms with Crippen molar-refractivity contribution >= 4 is 25.6 Å². The van der Waals surface area contributed by atoms with Crippen LogP contribution in [-0.4, -0.2) is 20.9 Å². The summed E-state index contributed by atoms with van der Waals surface area (Å²) in [6.45, 7) is 0.336. The third-order valence-corrected chi connectivity index (χ3v) is 4.90. The van der Waals surface area contributed by atoms with Crippen molar-refractivity contribution in [1.82, 2.24) is 5.32 Å². The first-order chi connectivity index (χ1) is 9.79. The average molecular weight is 338 g/mol. The van der Waals surface area contributed by atoms with Gasteiger partial charge in [-0.3, -0.25) is 4.79 Å². The molecule has 0 atom stereocenters. The zero-order valence-electron chi connectivity index (χ0n) is 11.0. The quantitative estimate of drug-likeness (QED) is 0.840. The predicted molar refractivity (Wildman–Crippen MR) is 73.7 cm³/mol.